The van der Waals surface area contributed by atoms with Crippen molar-refractivity contribution in [3.05, 3.63) is 65.9 Å². The van der Waals surface area contributed by atoms with E-state index < -0.39 is 24.1 Å². The molecular weight excluding hydrogens is 399 g/mol. The second kappa shape index (κ2) is 7.33. The average Bonchev–Trinajstić information content (AvgIpc) is 2.94. The Labute approximate surface area is 169 Å². The quantitative estimate of drug-likeness (QED) is 0.592. The highest BCUT2D eigenvalue weighted by Gasteiger charge is 2.37. The highest BCUT2D eigenvalue weighted by Crippen LogP contribution is 2.28. The summed E-state index contributed by atoms with van der Waals surface area (Å²) in [7, 11) is 0. The van der Waals surface area contributed by atoms with Crippen LogP contribution >= 0.6 is 0 Å². The molecule has 1 fully saturated rings. The Morgan fingerprint density at radius 3 is 2.50 bits per heavy atom. The Bertz CT molecular complexity index is 1130. The average molecular weight is 415 g/mol. The Balaban J connectivity index is 1.55. The Kier molecular flexibility index (Phi) is 4.81. The molecule has 6 nitrogen and oxygen atoms in total. The smallest absolute Gasteiger partial charge is 0.406 e. The number of carbonyl (C=O) groups is 2. The van der Waals surface area contributed by atoms with Crippen LogP contribution in [0.1, 0.15) is 11.1 Å². The van der Waals surface area contributed by atoms with Crippen LogP contribution in [0.25, 0.3) is 10.9 Å². The normalized spacial score (nSPS) is 14.7. The molecule has 3 amide bonds. The second-order valence-electron chi connectivity index (χ2n) is 6.90. The van der Waals surface area contributed by atoms with Gasteiger partial charge in [0.15, 0.2) is 0 Å². The van der Waals surface area contributed by atoms with Crippen molar-refractivity contribution in [1.29, 1.82) is 0 Å². The fourth-order valence-corrected chi connectivity index (χ4v) is 3.39. The summed E-state index contributed by atoms with van der Waals surface area (Å²) in [4.78, 5) is 31.9. The minimum atomic E-state index is -4.82. The minimum Gasteiger partial charge on any atom is -0.406 e. The first kappa shape index (κ1) is 19.7. The van der Waals surface area contributed by atoms with Gasteiger partial charge in [0, 0.05) is 18.1 Å². The van der Waals surface area contributed by atoms with Crippen LogP contribution in [0.15, 0.2) is 54.7 Å². The van der Waals surface area contributed by atoms with Gasteiger partial charge in [0.1, 0.15) is 12.3 Å². The highest BCUT2D eigenvalue weighted by atomic mass is 19.4. The number of alkyl halides is 3. The molecule has 3 aromatic rings. The van der Waals surface area contributed by atoms with E-state index in [-0.39, 0.29) is 18.8 Å². The van der Waals surface area contributed by atoms with Crippen molar-refractivity contribution in [3.8, 4) is 5.75 Å². The lowest BCUT2D eigenvalue weighted by Gasteiger charge is -2.18. The number of anilines is 1. The molecule has 1 aliphatic rings. The van der Waals surface area contributed by atoms with Crippen LogP contribution in [0.5, 0.6) is 5.75 Å². The van der Waals surface area contributed by atoms with Crippen molar-refractivity contribution in [2.45, 2.75) is 19.8 Å². The summed E-state index contributed by atoms with van der Waals surface area (Å²) in [6.45, 7) is 2.03. The second-order valence-corrected chi connectivity index (χ2v) is 6.90. The Morgan fingerprint density at radius 1 is 1.07 bits per heavy atom. The first-order valence-corrected chi connectivity index (χ1v) is 9.03. The van der Waals surface area contributed by atoms with Crippen molar-refractivity contribution in [1.82, 2.24) is 9.88 Å². The van der Waals surface area contributed by atoms with Gasteiger partial charge in [0.2, 0.25) is 0 Å². The number of nitrogens with zero attached hydrogens (tertiary/aromatic N) is 3. The van der Waals surface area contributed by atoms with Crippen LogP contribution in [0.3, 0.4) is 0 Å². The maximum Gasteiger partial charge on any atom is 0.573 e. The van der Waals surface area contributed by atoms with E-state index in [1.165, 1.54) is 17.0 Å². The van der Waals surface area contributed by atoms with Gasteiger partial charge >= 0.3 is 12.4 Å². The molecule has 0 bridgehead atoms. The lowest BCUT2D eigenvalue weighted by atomic mass is 10.1. The molecule has 0 radical (unpaired) electrons. The molecule has 4 rings (SSSR count). The van der Waals surface area contributed by atoms with E-state index in [2.05, 4.69) is 9.72 Å². The van der Waals surface area contributed by atoms with Crippen LogP contribution in [0, 0.1) is 6.92 Å². The molecule has 1 aliphatic heterocycles. The van der Waals surface area contributed by atoms with Gasteiger partial charge in [0.05, 0.1) is 11.2 Å². The summed E-state index contributed by atoms with van der Waals surface area (Å²) in [5.74, 6) is -0.889. The van der Waals surface area contributed by atoms with Gasteiger partial charge in [-0.15, -0.1) is 13.2 Å². The van der Waals surface area contributed by atoms with Crippen molar-refractivity contribution in [2.75, 3.05) is 11.4 Å². The van der Waals surface area contributed by atoms with Gasteiger partial charge in [0.25, 0.3) is 5.91 Å². The monoisotopic (exact) mass is 415 g/mol. The molecule has 0 saturated carbocycles. The molecule has 1 saturated heterocycles. The van der Waals surface area contributed by atoms with Gasteiger partial charge in [-0.3, -0.25) is 9.78 Å². The van der Waals surface area contributed by atoms with Gasteiger partial charge in [-0.1, -0.05) is 12.1 Å². The molecule has 0 unspecified atom stereocenters. The number of pyridine rings is 1. The third-order valence-electron chi connectivity index (χ3n) is 4.72. The summed E-state index contributed by atoms with van der Waals surface area (Å²) in [6.07, 6.45) is -3.17. The molecule has 9 heteroatoms. The molecule has 2 heterocycles. The van der Waals surface area contributed by atoms with Crippen LogP contribution in [0.2, 0.25) is 0 Å². The number of aromatic nitrogens is 1. The van der Waals surface area contributed by atoms with Crippen LogP contribution in [-0.2, 0) is 11.3 Å². The van der Waals surface area contributed by atoms with Gasteiger partial charge in [-0.25, -0.2) is 9.69 Å². The molecule has 1 aromatic heterocycles. The predicted molar refractivity (Wildman–Crippen MR) is 103 cm³/mol. The maximum absolute atomic E-state index is 12.8. The number of urea groups is 1. The van der Waals surface area contributed by atoms with Crippen LogP contribution in [0.4, 0.5) is 23.7 Å². The number of fused-ring (bicyclic) bond motifs is 1. The number of halogens is 3. The van der Waals surface area contributed by atoms with Crippen LogP contribution < -0.4 is 9.64 Å². The highest BCUT2D eigenvalue weighted by molar-refractivity contribution is 6.19. The summed E-state index contributed by atoms with van der Waals surface area (Å²) >= 11 is 0. The Morgan fingerprint density at radius 2 is 1.80 bits per heavy atom. The number of imide groups is 1. The fourth-order valence-electron chi connectivity index (χ4n) is 3.39. The van der Waals surface area contributed by atoms with Crippen molar-refractivity contribution in [3.63, 3.8) is 0 Å². The third kappa shape index (κ3) is 3.91. The zero-order valence-corrected chi connectivity index (χ0v) is 15.8. The number of hydrogen-bond donors (Lipinski definition) is 0. The van der Waals surface area contributed by atoms with E-state index in [0.29, 0.717) is 0 Å². The lowest BCUT2D eigenvalue weighted by molar-refractivity contribution is -0.274. The SMILES string of the molecule is Cc1ccc2c(CN3CC(=O)N(c4ccc(OC(F)(F)F)cc4)C3=O)ccnc2c1. The summed E-state index contributed by atoms with van der Waals surface area (Å²) in [6, 6.07) is 11.7. The molecule has 2 aromatic carbocycles. The zero-order chi connectivity index (χ0) is 21.5. The number of hydrogen-bond acceptors (Lipinski definition) is 4. The van der Waals surface area contributed by atoms with Crippen molar-refractivity contribution in [2.24, 2.45) is 0 Å². The molecule has 0 N–H and O–H groups in total. The lowest BCUT2D eigenvalue weighted by Crippen LogP contribution is -2.32. The first-order valence-electron chi connectivity index (χ1n) is 9.03. The third-order valence-corrected chi connectivity index (χ3v) is 4.72. The van der Waals surface area contributed by atoms with Gasteiger partial charge in [-0.2, -0.15) is 0 Å². The number of ether oxygens (including phenoxy) is 1. The summed E-state index contributed by atoms with van der Waals surface area (Å²) < 4.78 is 40.7. The number of benzene rings is 2. The number of carbonyl (C=O) groups excluding carboxylic acids is 2. The van der Waals surface area contributed by atoms with Crippen molar-refractivity contribution < 1.29 is 27.5 Å². The van der Waals surface area contributed by atoms with E-state index >= 15 is 0 Å². The molecule has 154 valence electrons. The van der Waals surface area contributed by atoms with E-state index in [0.717, 1.165) is 39.1 Å². The molecule has 30 heavy (non-hydrogen) atoms. The largest absolute Gasteiger partial charge is 0.573 e. The van der Waals surface area contributed by atoms with E-state index in [9.17, 15) is 22.8 Å². The first-order chi connectivity index (χ1) is 14.2. The zero-order valence-electron chi connectivity index (χ0n) is 15.8. The predicted octanol–water partition coefficient (Wildman–Crippen LogP) is 4.41. The topological polar surface area (TPSA) is 62.7 Å². The standard InChI is InChI=1S/C21H16F3N3O3/c1-13-2-7-17-14(8-9-25-18(17)10-13)11-26-12-19(28)27(20(26)29)15-3-5-16(6-4-15)30-21(22,23)24/h2-10H,11-12H2,1H3. The Hall–Kier alpha value is -3.62. The van der Waals surface area contributed by atoms with Crippen molar-refractivity contribution >= 4 is 28.5 Å². The van der Waals surface area contributed by atoms with E-state index in [1.54, 1.807) is 12.3 Å². The van der Waals surface area contributed by atoms with Crippen LogP contribution in [-0.4, -0.2) is 34.7 Å². The number of rotatable bonds is 4. The molecule has 0 atom stereocenters. The van der Waals surface area contributed by atoms with Gasteiger partial charge < -0.3 is 9.64 Å². The summed E-state index contributed by atoms with van der Waals surface area (Å²) in [5, 5.41) is 0.885. The molecular formula is C21H16F3N3O3. The maximum atomic E-state index is 12.8. The molecule has 0 spiro atoms. The van der Waals surface area contributed by atoms with E-state index in [4.69, 9.17) is 0 Å². The number of aryl methyl sites for hydroxylation is 1. The van der Waals surface area contributed by atoms with E-state index in [1.807, 2.05) is 25.1 Å². The minimum absolute atomic E-state index is 0.130. The summed E-state index contributed by atoms with van der Waals surface area (Å²) in [5.41, 5.74) is 2.88. The number of amides is 3. The fraction of sp³-hybridized carbons (Fsp3) is 0.190. The molecule has 0 aliphatic carbocycles. The van der Waals surface area contributed by atoms with Gasteiger partial charge in [-0.05, 0) is 54.4 Å².